The van der Waals surface area contributed by atoms with Crippen LogP contribution in [0.5, 0.6) is 0 Å². The Bertz CT molecular complexity index is 1230. The second-order valence-electron chi connectivity index (χ2n) is 10.7. The lowest BCUT2D eigenvalue weighted by Crippen LogP contribution is -2.34. The molecular weight excluding hydrogens is 425 g/mol. The summed E-state index contributed by atoms with van der Waals surface area (Å²) in [6, 6.07) is 15.6. The fraction of sp³-hybridized carbons (Fsp3) is 0.429. The molecule has 0 aliphatic heterocycles. The molecule has 0 spiro atoms. The number of para-hydroxylation sites is 1. The van der Waals surface area contributed by atoms with Crippen molar-refractivity contribution >= 4 is 21.9 Å². The topological polar surface area (TPSA) is 26.3 Å². The van der Waals surface area contributed by atoms with Crippen molar-refractivity contribution in [2.75, 3.05) is 0 Å². The number of rotatable bonds is 3. The summed E-state index contributed by atoms with van der Waals surface area (Å²) in [5.41, 5.74) is 2.11. The van der Waals surface area contributed by atoms with Gasteiger partial charge in [-0.3, -0.25) is 0 Å². The molecular formula is C28H33F3O2. The Kier molecular flexibility index (Phi) is 6.74. The smallest absolute Gasteiger partial charge is 0.394 e. The van der Waals surface area contributed by atoms with Gasteiger partial charge in [0.1, 0.15) is 22.7 Å². The zero-order chi connectivity index (χ0) is 24.6. The number of benzene rings is 2. The molecule has 0 aliphatic rings. The SMILES string of the molecule is Cc1cc2c(CC(C)(C)C)cccc2o1.Cc1cc2cccc(CC(C)(C)C(F)(F)F)c2o1. The summed E-state index contributed by atoms with van der Waals surface area (Å²) in [5, 5.41) is 2.12. The molecule has 4 aromatic rings. The Morgan fingerprint density at radius 3 is 1.97 bits per heavy atom. The fourth-order valence-electron chi connectivity index (χ4n) is 3.94. The van der Waals surface area contributed by atoms with Gasteiger partial charge in [-0.2, -0.15) is 13.2 Å². The molecule has 178 valence electrons. The molecule has 0 fully saturated rings. The number of fused-ring (bicyclic) bond motifs is 2. The van der Waals surface area contributed by atoms with Crippen LogP contribution in [0.4, 0.5) is 13.2 Å². The van der Waals surface area contributed by atoms with Crippen molar-refractivity contribution in [2.45, 2.75) is 67.5 Å². The van der Waals surface area contributed by atoms with E-state index in [0.717, 1.165) is 23.2 Å². The minimum atomic E-state index is -4.23. The van der Waals surface area contributed by atoms with Crippen molar-refractivity contribution in [1.29, 1.82) is 0 Å². The molecule has 0 atom stereocenters. The lowest BCUT2D eigenvalue weighted by Gasteiger charge is -2.27. The molecule has 2 heterocycles. The average molecular weight is 459 g/mol. The molecule has 0 radical (unpaired) electrons. The van der Waals surface area contributed by atoms with Crippen molar-refractivity contribution in [2.24, 2.45) is 10.8 Å². The Morgan fingerprint density at radius 1 is 0.727 bits per heavy atom. The molecule has 0 bridgehead atoms. The Hall–Kier alpha value is -2.69. The van der Waals surface area contributed by atoms with Gasteiger partial charge in [-0.1, -0.05) is 65.0 Å². The quantitative estimate of drug-likeness (QED) is 0.306. The number of furan rings is 2. The van der Waals surface area contributed by atoms with Crippen LogP contribution in [-0.4, -0.2) is 6.18 Å². The van der Waals surface area contributed by atoms with Crippen molar-refractivity contribution in [3.8, 4) is 0 Å². The number of alkyl halides is 3. The van der Waals surface area contributed by atoms with Crippen LogP contribution in [0, 0.1) is 24.7 Å². The standard InChI is InChI=1S/C14H15F3O.C14H18O/c1-9-7-10-5-4-6-11(12(10)18-9)8-13(2,3)14(15,16)17;1-10-8-12-11(9-14(2,3)4)6-5-7-13(12)15-10/h4-7H,8H2,1-3H3;5-8H,9H2,1-4H3. The van der Waals surface area contributed by atoms with Crippen LogP contribution in [-0.2, 0) is 12.8 Å². The van der Waals surface area contributed by atoms with Crippen LogP contribution < -0.4 is 0 Å². The fourth-order valence-corrected chi connectivity index (χ4v) is 3.94. The molecule has 2 aromatic carbocycles. The van der Waals surface area contributed by atoms with Crippen molar-refractivity contribution < 1.29 is 22.0 Å². The van der Waals surface area contributed by atoms with Gasteiger partial charge >= 0.3 is 6.18 Å². The van der Waals surface area contributed by atoms with E-state index in [4.69, 9.17) is 8.83 Å². The van der Waals surface area contributed by atoms with E-state index in [-0.39, 0.29) is 6.42 Å². The maximum atomic E-state index is 12.9. The Morgan fingerprint density at radius 2 is 1.33 bits per heavy atom. The van der Waals surface area contributed by atoms with Gasteiger partial charge in [-0.05, 0) is 61.4 Å². The Balaban J connectivity index is 0.000000189. The highest BCUT2D eigenvalue weighted by molar-refractivity contribution is 5.82. The van der Waals surface area contributed by atoms with Crippen molar-refractivity contribution in [1.82, 2.24) is 0 Å². The van der Waals surface area contributed by atoms with Crippen LogP contribution in [0.15, 0.2) is 57.4 Å². The second-order valence-corrected chi connectivity index (χ2v) is 10.7. The van der Waals surface area contributed by atoms with Crippen LogP contribution in [0.2, 0.25) is 0 Å². The van der Waals surface area contributed by atoms with Gasteiger partial charge in [0.2, 0.25) is 0 Å². The van der Waals surface area contributed by atoms with Gasteiger partial charge in [-0.25, -0.2) is 0 Å². The Labute approximate surface area is 193 Å². The van der Waals surface area contributed by atoms with Gasteiger partial charge in [-0.15, -0.1) is 0 Å². The first-order valence-corrected chi connectivity index (χ1v) is 11.2. The number of aryl methyl sites for hydroxylation is 2. The molecule has 4 rings (SSSR count). The molecule has 0 amide bonds. The summed E-state index contributed by atoms with van der Waals surface area (Å²) in [4.78, 5) is 0. The monoisotopic (exact) mass is 458 g/mol. The summed E-state index contributed by atoms with van der Waals surface area (Å²) in [6.07, 6.45) is -3.22. The lowest BCUT2D eigenvalue weighted by atomic mass is 9.84. The third-order valence-corrected chi connectivity index (χ3v) is 5.64. The first-order chi connectivity index (χ1) is 15.2. The van der Waals surface area contributed by atoms with Gasteiger partial charge in [0.15, 0.2) is 0 Å². The highest BCUT2D eigenvalue weighted by Gasteiger charge is 2.47. The predicted octanol–water partition coefficient (Wildman–Crippen LogP) is 9.20. The maximum Gasteiger partial charge on any atom is 0.394 e. The normalized spacial score (nSPS) is 12.8. The van der Waals surface area contributed by atoms with E-state index in [1.807, 2.05) is 25.1 Å². The minimum absolute atomic E-state index is 0.0825. The van der Waals surface area contributed by atoms with Crippen LogP contribution in [0.1, 0.15) is 57.3 Å². The van der Waals surface area contributed by atoms with E-state index in [2.05, 4.69) is 39.0 Å². The van der Waals surface area contributed by atoms with Gasteiger partial charge in [0, 0.05) is 10.8 Å². The van der Waals surface area contributed by atoms with Gasteiger partial charge < -0.3 is 8.83 Å². The summed E-state index contributed by atoms with van der Waals surface area (Å²) < 4.78 is 49.8. The zero-order valence-corrected chi connectivity index (χ0v) is 20.5. The second kappa shape index (κ2) is 8.92. The number of hydrogen-bond donors (Lipinski definition) is 0. The van der Waals surface area contributed by atoms with Crippen molar-refractivity contribution in [3.63, 3.8) is 0 Å². The first kappa shape index (κ1) is 24.9. The van der Waals surface area contributed by atoms with E-state index in [1.165, 1.54) is 24.8 Å². The van der Waals surface area contributed by atoms with E-state index in [1.54, 1.807) is 19.1 Å². The third kappa shape index (κ3) is 6.01. The van der Waals surface area contributed by atoms with Gasteiger partial charge in [0.25, 0.3) is 0 Å². The van der Waals surface area contributed by atoms with E-state index < -0.39 is 11.6 Å². The molecule has 0 saturated carbocycles. The molecule has 5 heteroatoms. The molecule has 0 unspecified atom stereocenters. The predicted molar refractivity (Wildman–Crippen MR) is 129 cm³/mol. The molecule has 0 saturated heterocycles. The summed E-state index contributed by atoms with van der Waals surface area (Å²) in [6.45, 7) is 13.0. The number of hydrogen-bond acceptors (Lipinski definition) is 2. The van der Waals surface area contributed by atoms with E-state index in [0.29, 0.717) is 22.3 Å². The molecule has 0 aliphatic carbocycles. The highest BCUT2D eigenvalue weighted by atomic mass is 19.4. The van der Waals surface area contributed by atoms with Crippen LogP contribution in [0.25, 0.3) is 21.9 Å². The molecule has 2 nitrogen and oxygen atoms in total. The first-order valence-electron chi connectivity index (χ1n) is 11.2. The third-order valence-electron chi connectivity index (χ3n) is 5.64. The van der Waals surface area contributed by atoms with Crippen molar-refractivity contribution in [3.05, 3.63) is 71.2 Å². The van der Waals surface area contributed by atoms with Gasteiger partial charge in [0.05, 0.1) is 5.41 Å². The average Bonchev–Trinajstić information content (AvgIpc) is 3.22. The molecule has 2 aromatic heterocycles. The zero-order valence-electron chi connectivity index (χ0n) is 20.5. The largest absolute Gasteiger partial charge is 0.461 e. The number of halogens is 3. The summed E-state index contributed by atoms with van der Waals surface area (Å²) in [5.74, 6) is 1.70. The highest BCUT2D eigenvalue weighted by Crippen LogP contribution is 2.41. The summed E-state index contributed by atoms with van der Waals surface area (Å²) >= 11 is 0. The van der Waals surface area contributed by atoms with Crippen LogP contribution >= 0.6 is 0 Å². The molecule has 33 heavy (non-hydrogen) atoms. The van der Waals surface area contributed by atoms with E-state index >= 15 is 0 Å². The van der Waals surface area contributed by atoms with E-state index in [9.17, 15) is 13.2 Å². The summed E-state index contributed by atoms with van der Waals surface area (Å²) in [7, 11) is 0. The maximum absolute atomic E-state index is 12.9. The minimum Gasteiger partial charge on any atom is -0.461 e. The van der Waals surface area contributed by atoms with Crippen LogP contribution in [0.3, 0.4) is 0 Å². The molecule has 0 N–H and O–H groups in total. The lowest BCUT2D eigenvalue weighted by molar-refractivity contribution is -0.210.